The molecule has 1 saturated heterocycles. The largest absolute Gasteiger partial charge is 0.341 e. The average molecular weight is 238 g/mol. The Hall–Kier alpha value is -0.570. The molecule has 1 aliphatic heterocycles. The number of hydrogen-bond donors (Lipinski definition) is 1. The molecule has 1 atom stereocenters. The molecule has 2 aliphatic rings. The summed E-state index contributed by atoms with van der Waals surface area (Å²) in [6, 6.07) is 1.25. The van der Waals surface area contributed by atoms with Crippen molar-refractivity contribution in [2.45, 2.75) is 64.5 Å². The predicted octanol–water partition coefficient (Wildman–Crippen LogP) is 2.17. The Bertz CT molecular complexity index is 259. The van der Waals surface area contributed by atoms with Crippen LogP contribution in [0.1, 0.15) is 52.4 Å². The maximum Gasteiger partial charge on any atom is 0.225 e. The normalized spacial score (nSPS) is 26.8. The Morgan fingerprint density at radius 3 is 2.41 bits per heavy atom. The van der Waals surface area contributed by atoms with Crippen LogP contribution in [0.3, 0.4) is 0 Å². The zero-order valence-electron chi connectivity index (χ0n) is 11.2. The van der Waals surface area contributed by atoms with Gasteiger partial charge >= 0.3 is 0 Å². The minimum absolute atomic E-state index is 0.139. The van der Waals surface area contributed by atoms with Gasteiger partial charge in [0.2, 0.25) is 5.91 Å². The van der Waals surface area contributed by atoms with Gasteiger partial charge in [-0.15, -0.1) is 0 Å². The zero-order valence-corrected chi connectivity index (χ0v) is 11.2. The third kappa shape index (κ3) is 3.44. The van der Waals surface area contributed by atoms with Crippen molar-refractivity contribution in [2.75, 3.05) is 13.1 Å². The topological polar surface area (TPSA) is 32.3 Å². The van der Waals surface area contributed by atoms with Gasteiger partial charge in [0.25, 0.3) is 0 Å². The van der Waals surface area contributed by atoms with E-state index in [1.807, 2.05) is 13.8 Å². The van der Waals surface area contributed by atoms with Crippen molar-refractivity contribution in [1.82, 2.24) is 10.2 Å². The van der Waals surface area contributed by atoms with Crippen LogP contribution < -0.4 is 5.32 Å². The highest BCUT2D eigenvalue weighted by atomic mass is 16.2. The number of amides is 1. The summed E-state index contributed by atoms with van der Waals surface area (Å²) in [5, 5.41) is 3.75. The molecule has 17 heavy (non-hydrogen) atoms. The molecule has 1 N–H and O–H groups in total. The number of nitrogens with zero attached hydrogens (tertiary/aromatic N) is 1. The fourth-order valence-electron chi connectivity index (χ4n) is 3.10. The Kier molecular flexibility index (Phi) is 4.43. The fraction of sp³-hybridized carbons (Fsp3) is 0.929. The first-order valence-electron chi connectivity index (χ1n) is 7.21. The SMILES string of the molecule is CC(C)C(=O)N1CCCC(NC2CCCC2)C1. The van der Waals surface area contributed by atoms with E-state index in [1.165, 1.54) is 32.1 Å². The molecule has 2 rings (SSSR count). The van der Waals surface area contributed by atoms with Crippen molar-refractivity contribution >= 4 is 5.91 Å². The summed E-state index contributed by atoms with van der Waals surface area (Å²) in [4.78, 5) is 14.0. The summed E-state index contributed by atoms with van der Waals surface area (Å²) < 4.78 is 0. The molecule has 98 valence electrons. The van der Waals surface area contributed by atoms with Gasteiger partial charge in [-0.2, -0.15) is 0 Å². The second-order valence-electron chi connectivity index (χ2n) is 5.93. The van der Waals surface area contributed by atoms with Crippen LogP contribution in [0.2, 0.25) is 0 Å². The van der Waals surface area contributed by atoms with Gasteiger partial charge in [0, 0.05) is 31.1 Å². The lowest BCUT2D eigenvalue weighted by atomic mass is 10.0. The molecule has 3 nitrogen and oxygen atoms in total. The molecule has 0 aromatic carbocycles. The van der Waals surface area contributed by atoms with Crippen LogP contribution in [-0.2, 0) is 4.79 Å². The number of piperidine rings is 1. The summed E-state index contributed by atoms with van der Waals surface area (Å²) in [6.07, 6.45) is 7.79. The van der Waals surface area contributed by atoms with Crippen LogP contribution in [0, 0.1) is 5.92 Å². The first-order chi connectivity index (χ1) is 8.16. The molecule has 0 aromatic rings. The van der Waals surface area contributed by atoms with Gasteiger partial charge in [0.1, 0.15) is 0 Å². The minimum atomic E-state index is 0.139. The lowest BCUT2D eigenvalue weighted by Crippen LogP contribution is -2.51. The van der Waals surface area contributed by atoms with E-state index in [2.05, 4.69) is 10.2 Å². The van der Waals surface area contributed by atoms with Crippen molar-refractivity contribution < 1.29 is 4.79 Å². The Balaban J connectivity index is 1.81. The standard InChI is InChI=1S/C14H26N2O/c1-11(2)14(17)16-9-5-8-13(10-16)15-12-6-3-4-7-12/h11-13,15H,3-10H2,1-2H3. The maximum absolute atomic E-state index is 12.0. The smallest absolute Gasteiger partial charge is 0.225 e. The maximum atomic E-state index is 12.0. The summed E-state index contributed by atoms with van der Waals surface area (Å²) in [6.45, 7) is 5.88. The Labute approximate surface area is 105 Å². The zero-order chi connectivity index (χ0) is 12.3. The monoisotopic (exact) mass is 238 g/mol. The molecule has 3 heteroatoms. The number of carbonyl (C=O) groups is 1. The van der Waals surface area contributed by atoms with Crippen LogP contribution in [0.4, 0.5) is 0 Å². The lowest BCUT2D eigenvalue weighted by molar-refractivity contribution is -0.135. The van der Waals surface area contributed by atoms with Gasteiger partial charge in [0.05, 0.1) is 0 Å². The number of nitrogens with one attached hydrogen (secondary N) is 1. The number of carbonyl (C=O) groups excluding carboxylic acids is 1. The third-order valence-electron chi connectivity index (χ3n) is 4.05. The Morgan fingerprint density at radius 1 is 1.12 bits per heavy atom. The molecule has 1 unspecified atom stereocenters. The summed E-state index contributed by atoms with van der Waals surface area (Å²) in [5.41, 5.74) is 0. The van der Waals surface area contributed by atoms with Crippen LogP contribution in [0.25, 0.3) is 0 Å². The average Bonchev–Trinajstić information content (AvgIpc) is 2.81. The molecular formula is C14H26N2O. The quantitative estimate of drug-likeness (QED) is 0.817. The van der Waals surface area contributed by atoms with E-state index in [1.54, 1.807) is 0 Å². The Morgan fingerprint density at radius 2 is 1.76 bits per heavy atom. The summed E-state index contributed by atoms with van der Waals surface area (Å²) >= 11 is 0. The van der Waals surface area contributed by atoms with Crippen LogP contribution in [0.5, 0.6) is 0 Å². The first-order valence-corrected chi connectivity index (χ1v) is 7.21. The highest BCUT2D eigenvalue weighted by molar-refractivity contribution is 5.78. The predicted molar refractivity (Wildman–Crippen MR) is 69.8 cm³/mol. The van der Waals surface area contributed by atoms with E-state index in [0.29, 0.717) is 18.0 Å². The van der Waals surface area contributed by atoms with Crippen molar-refractivity contribution in [3.8, 4) is 0 Å². The third-order valence-corrected chi connectivity index (χ3v) is 4.05. The minimum Gasteiger partial charge on any atom is -0.341 e. The van der Waals surface area contributed by atoms with Crippen molar-refractivity contribution in [2.24, 2.45) is 5.92 Å². The summed E-state index contributed by atoms with van der Waals surface area (Å²) in [5.74, 6) is 0.461. The first kappa shape index (κ1) is 12.9. The number of rotatable bonds is 3. The molecular weight excluding hydrogens is 212 g/mol. The van der Waals surface area contributed by atoms with Crippen LogP contribution >= 0.6 is 0 Å². The number of likely N-dealkylation sites (tertiary alicyclic amines) is 1. The van der Waals surface area contributed by atoms with E-state index < -0.39 is 0 Å². The van der Waals surface area contributed by atoms with Crippen LogP contribution in [-0.4, -0.2) is 36.0 Å². The molecule has 0 aromatic heterocycles. The fourth-order valence-corrected chi connectivity index (χ4v) is 3.10. The highest BCUT2D eigenvalue weighted by Crippen LogP contribution is 2.20. The van der Waals surface area contributed by atoms with Gasteiger partial charge in [0.15, 0.2) is 0 Å². The van der Waals surface area contributed by atoms with Crippen LogP contribution in [0.15, 0.2) is 0 Å². The van der Waals surface area contributed by atoms with E-state index in [9.17, 15) is 4.79 Å². The lowest BCUT2D eigenvalue weighted by Gasteiger charge is -2.35. The van der Waals surface area contributed by atoms with Crippen molar-refractivity contribution in [1.29, 1.82) is 0 Å². The van der Waals surface area contributed by atoms with E-state index >= 15 is 0 Å². The molecule has 0 bridgehead atoms. The van der Waals surface area contributed by atoms with Gasteiger partial charge < -0.3 is 10.2 Å². The van der Waals surface area contributed by atoms with Gasteiger partial charge in [-0.1, -0.05) is 26.7 Å². The van der Waals surface area contributed by atoms with Crippen molar-refractivity contribution in [3.05, 3.63) is 0 Å². The molecule has 1 saturated carbocycles. The molecule has 2 fully saturated rings. The highest BCUT2D eigenvalue weighted by Gasteiger charge is 2.27. The second-order valence-corrected chi connectivity index (χ2v) is 5.93. The molecule has 0 spiro atoms. The van der Waals surface area contributed by atoms with Gasteiger partial charge in [-0.05, 0) is 25.7 Å². The molecule has 1 amide bonds. The van der Waals surface area contributed by atoms with Crippen molar-refractivity contribution in [3.63, 3.8) is 0 Å². The molecule has 1 heterocycles. The van der Waals surface area contributed by atoms with E-state index in [4.69, 9.17) is 0 Å². The van der Waals surface area contributed by atoms with Gasteiger partial charge in [-0.25, -0.2) is 0 Å². The van der Waals surface area contributed by atoms with E-state index in [0.717, 1.165) is 19.5 Å². The second kappa shape index (κ2) is 5.85. The molecule has 1 aliphatic carbocycles. The number of hydrogen-bond acceptors (Lipinski definition) is 2. The summed E-state index contributed by atoms with van der Waals surface area (Å²) in [7, 11) is 0. The van der Waals surface area contributed by atoms with E-state index in [-0.39, 0.29) is 5.92 Å². The molecule has 0 radical (unpaired) electrons. The van der Waals surface area contributed by atoms with Gasteiger partial charge in [-0.3, -0.25) is 4.79 Å².